The number of nitrogens with zero attached hydrogens (tertiary/aromatic N) is 4. The number of pyridine rings is 1. The Morgan fingerprint density at radius 1 is 1.19 bits per heavy atom. The Morgan fingerprint density at radius 3 is 2.85 bits per heavy atom. The van der Waals surface area contributed by atoms with E-state index in [4.69, 9.17) is 4.42 Å². The molecule has 1 aromatic carbocycles. The maximum atomic E-state index is 12.3. The largest absolute Gasteiger partial charge is 0.420 e. The highest BCUT2D eigenvalue weighted by Crippen LogP contribution is 2.18. The molecule has 4 aromatic rings. The predicted molar refractivity (Wildman–Crippen MR) is 98.8 cm³/mol. The Kier molecular flexibility index (Phi) is 4.29. The van der Waals surface area contributed by atoms with Crippen molar-refractivity contribution in [2.75, 3.05) is 0 Å². The number of hydrogen-bond donors (Lipinski definition) is 1. The topological polar surface area (TPSA) is 95.0 Å². The second-order valence-corrected chi connectivity index (χ2v) is 6.18. The third-order valence-corrected chi connectivity index (χ3v) is 4.20. The Labute approximate surface area is 154 Å². The van der Waals surface area contributed by atoms with Gasteiger partial charge in [0.2, 0.25) is 5.91 Å². The second kappa shape index (κ2) is 6.91. The Bertz CT molecular complexity index is 1170. The summed E-state index contributed by atoms with van der Waals surface area (Å²) in [6, 6.07) is 8.96. The molecule has 0 spiro atoms. The number of rotatable bonds is 5. The molecule has 0 aliphatic rings. The van der Waals surface area contributed by atoms with Gasteiger partial charge in [0.15, 0.2) is 5.58 Å². The normalized spacial score (nSPS) is 11.0. The van der Waals surface area contributed by atoms with Gasteiger partial charge in [0, 0.05) is 43.3 Å². The van der Waals surface area contributed by atoms with Crippen molar-refractivity contribution in [2.45, 2.75) is 13.1 Å². The fourth-order valence-electron chi connectivity index (χ4n) is 2.88. The van der Waals surface area contributed by atoms with Crippen molar-refractivity contribution in [1.82, 2.24) is 24.6 Å². The summed E-state index contributed by atoms with van der Waals surface area (Å²) in [6.07, 6.45) is 7.10. The third-order valence-electron chi connectivity index (χ3n) is 4.20. The number of fused-ring (bicyclic) bond motifs is 1. The number of carbonyl (C=O) groups excluding carboxylic acids is 1. The molecule has 0 aliphatic heterocycles. The van der Waals surface area contributed by atoms with E-state index in [0.29, 0.717) is 17.6 Å². The molecular weight excluding hydrogens is 346 g/mol. The first-order valence-corrected chi connectivity index (χ1v) is 8.38. The Hall–Kier alpha value is -3.68. The standard InChI is InChI=1S/C19H17N5O3/c1-23-11-15(10-22-23)14-6-13(7-20-9-14)8-21-18(25)12-24-16-4-2-3-5-17(16)27-19(24)26/h2-7,9-11H,8,12H2,1H3,(H,21,25). The lowest BCUT2D eigenvalue weighted by molar-refractivity contribution is -0.121. The van der Waals surface area contributed by atoms with E-state index in [1.807, 2.05) is 19.3 Å². The molecule has 4 rings (SSSR count). The maximum absolute atomic E-state index is 12.3. The second-order valence-electron chi connectivity index (χ2n) is 6.18. The summed E-state index contributed by atoms with van der Waals surface area (Å²) in [5, 5.41) is 6.96. The molecular formula is C19H17N5O3. The smallest absolute Gasteiger partial charge is 0.408 e. The van der Waals surface area contributed by atoms with Gasteiger partial charge in [-0.3, -0.25) is 19.0 Å². The van der Waals surface area contributed by atoms with Crippen molar-refractivity contribution in [3.63, 3.8) is 0 Å². The molecule has 0 saturated heterocycles. The molecule has 0 atom stereocenters. The Morgan fingerprint density at radius 2 is 2.04 bits per heavy atom. The number of hydrogen-bond acceptors (Lipinski definition) is 5. The summed E-state index contributed by atoms with van der Waals surface area (Å²) in [6.45, 7) is 0.204. The molecule has 0 fully saturated rings. The summed E-state index contributed by atoms with van der Waals surface area (Å²) in [5.41, 5.74) is 3.79. The molecule has 0 aliphatic carbocycles. The minimum absolute atomic E-state index is 0.106. The van der Waals surface area contributed by atoms with E-state index < -0.39 is 5.76 Å². The number of benzene rings is 1. The van der Waals surface area contributed by atoms with Gasteiger partial charge in [-0.2, -0.15) is 5.10 Å². The molecule has 0 unspecified atom stereocenters. The molecule has 8 heteroatoms. The van der Waals surface area contributed by atoms with Crippen molar-refractivity contribution >= 4 is 17.0 Å². The quantitative estimate of drug-likeness (QED) is 0.582. The van der Waals surface area contributed by atoms with Gasteiger partial charge in [-0.05, 0) is 23.8 Å². The van der Waals surface area contributed by atoms with Crippen molar-refractivity contribution in [1.29, 1.82) is 0 Å². The van der Waals surface area contributed by atoms with E-state index in [-0.39, 0.29) is 12.5 Å². The number of aromatic nitrogens is 4. The van der Waals surface area contributed by atoms with E-state index in [1.165, 1.54) is 4.57 Å². The molecule has 0 bridgehead atoms. The van der Waals surface area contributed by atoms with Crippen molar-refractivity contribution in [3.8, 4) is 11.1 Å². The number of nitrogens with one attached hydrogen (secondary N) is 1. The average Bonchev–Trinajstić information content (AvgIpc) is 3.24. The highest BCUT2D eigenvalue weighted by Gasteiger charge is 2.12. The zero-order valence-corrected chi connectivity index (χ0v) is 14.6. The third kappa shape index (κ3) is 3.50. The first kappa shape index (κ1) is 16.8. The van der Waals surface area contributed by atoms with Crippen LogP contribution in [-0.4, -0.2) is 25.2 Å². The average molecular weight is 363 g/mol. The summed E-state index contributed by atoms with van der Waals surface area (Å²) in [4.78, 5) is 28.5. The van der Waals surface area contributed by atoms with Crippen molar-refractivity contribution in [2.24, 2.45) is 7.05 Å². The van der Waals surface area contributed by atoms with E-state index in [1.54, 1.807) is 47.5 Å². The fourth-order valence-corrected chi connectivity index (χ4v) is 2.88. The lowest BCUT2D eigenvalue weighted by Gasteiger charge is -2.07. The number of oxazole rings is 1. The van der Waals surface area contributed by atoms with Gasteiger partial charge in [-0.25, -0.2) is 4.79 Å². The molecule has 8 nitrogen and oxygen atoms in total. The first-order chi connectivity index (χ1) is 13.1. The maximum Gasteiger partial charge on any atom is 0.420 e. The number of carbonyl (C=O) groups is 1. The van der Waals surface area contributed by atoms with Crippen LogP contribution >= 0.6 is 0 Å². The minimum atomic E-state index is -0.549. The van der Waals surface area contributed by atoms with Gasteiger partial charge in [0.25, 0.3) is 0 Å². The van der Waals surface area contributed by atoms with Gasteiger partial charge in [0.05, 0.1) is 11.7 Å². The summed E-state index contributed by atoms with van der Waals surface area (Å²) < 4.78 is 8.17. The lowest BCUT2D eigenvalue weighted by atomic mass is 10.1. The summed E-state index contributed by atoms with van der Waals surface area (Å²) in [5.74, 6) is -0.831. The van der Waals surface area contributed by atoms with Gasteiger partial charge >= 0.3 is 5.76 Å². The molecule has 3 heterocycles. The van der Waals surface area contributed by atoms with Crippen LogP contribution in [0.25, 0.3) is 22.2 Å². The van der Waals surface area contributed by atoms with Crippen molar-refractivity contribution in [3.05, 3.63) is 71.2 Å². The van der Waals surface area contributed by atoms with E-state index in [9.17, 15) is 9.59 Å². The molecule has 1 amide bonds. The summed E-state index contributed by atoms with van der Waals surface area (Å²) >= 11 is 0. The van der Waals surface area contributed by atoms with E-state index in [0.717, 1.165) is 16.7 Å². The highest BCUT2D eigenvalue weighted by atomic mass is 16.4. The zero-order valence-electron chi connectivity index (χ0n) is 14.6. The molecule has 0 radical (unpaired) electrons. The van der Waals surface area contributed by atoms with Crippen LogP contribution in [0.2, 0.25) is 0 Å². The van der Waals surface area contributed by atoms with Crippen LogP contribution in [0.1, 0.15) is 5.56 Å². The van der Waals surface area contributed by atoms with Crippen LogP contribution in [-0.2, 0) is 24.9 Å². The number of aryl methyl sites for hydroxylation is 1. The van der Waals surface area contributed by atoms with Crippen LogP contribution in [0.15, 0.2) is 64.3 Å². The van der Waals surface area contributed by atoms with Gasteiger partial charge in [0.1, 0.15) is 6.54 Å². The summed E-state index contributed by atoms with van der Waals surface area (Å²) in [7, 11) is 1.85. The van der Waals surface area contributed by atoms with Gasteiger partial charge in [-0.1, -0.05) is 12.1 Å². The van der Waals surface area contributed by atoms with Gasteiger partial charge in [-0.15, -0.1) is 0 Å². The SMILES string of the molecule is Cn1cc(-c2cncc(CNC(=O)Cn3c(=O)oc4ccccc43)c2)cn1. The van der Waals surface area contributed by atoms with Crippen LogP contribution in [0.5, 0.6) is 0 Å². The van der Waals surface area contributed by atoms with Crippen LogP contribution in [0.4, 0.5) is 0 Å². The van der Waals surface area contributed by atoms with Crippen LogP contribution < -0.4 is 11.1 Å². The zero-order chi connectivity index (χ0) is 18.8. The fraction of sp³-hybridized carbons (Fsp3) is 0.158. The molecule has 3 aromatic heterocycles. The Balaban J connectivity index is 1.45. The molecule has 0 saturated carbocycles. The van der Waals surface area contributed by atoms with Crippen LogP contribution in [0.3, 0.4) is 0 Å². The predicted octanol–water partition coefficient (Wildman–Crippen LogP) is 1.71. The molecule has 136 valence electrons. The first-order valence-electron chi connectivity index (χ1n) is 8.38. The monoisotopic (exact) mass is 363 g/mol. The number of amides is 1. The van der Waals surface area contributed by atoms with Crippen molar-refractivity contribution < 1.29 is 9.21 Å². The van der Waals surface area contributed by atoms with E-state index in [2.05, 4.69) is 15.4 Å². The van der Waals surface area contributed by atoms with E-state index >= 15 is 0 Å². The number of para-hydroxylation sites is 2. The molecule has 1 N–H and O–H groups in total. The lowest BCUT2D eigenvalue weighted by Crippen LogP contribution is -2.30. The van der Waals surface area contributed by atoms with Gasteiger partial charge < -0.3 is 9.73 Å². The molecule has 27 heavy (non-hydrogen) atoms. The van der Waals surface area contributed by atoms with Crippen LogP contribution in [0, 0.1) is 0 Å². The highest BCUT2D eigenvalue weighted by molar-refractivity contribution is 5.79. The minimum Gasteiger partial charge on any atom is -0.408 e.